The highest BCUT2D eigenvalue weighted by Crippen LogP contribution is 1.83. The van der Waals surface area contributed by atoms with E-state index in [-0.39, 0.29) is 0 Å². The Morgan fingerprint density at radius 2 is 2.83 bits per heavy atom. The van der Waals surface area contributed by atoms with Crippen molar-refractivity contribution in [3.8, 4) is 0 Å². The highest BCUT2D eigenvalue weighted by atomic mass is 16.5. The number of rotatable bonds is 0. The Kier molecular flexibility index (Phi) is 1.08. The lowest BCUT2D eigenvalue weighted by Gasteiger charge is -2.10. The number of nitrogens with one attached hydrogen (secondary N) is 1. The van der Waals surface area contributed by atoms with Crippen molar-refractivity contribution in [1.82, 2.24) is 5.32 Å². The molecule has 1 fully saturated rings. The molecule has 2 heteroatoms. The number of hydrogen-bond acceptors (Lipinski definition) is 2. The molecule has 1 aliphatic heterocycles. The minimum atomic E-state index is -0.464. The van der Waals surface area contributed by atoms with Crippen LogP contribution >= 0.6 is 0 Å². The van der Waals surface area contributed by atoms with Crippen molar-refractivity contribution in [2.75, 3.05) is 19.9 Å². The van der Waals surface area contributed by atoms with Crippen molar-refractivity contribution in [1.29, 1.82) is 0 Å². The SMILES string of the molecule is [2H]C1NCCCO1. The van der Waals surface area contributed by atoms with Crippen molar-refractivity contribution in [3.05, 3.63) is 0 Å². The first-order chi connectivity index (χ1) is 3.39. The summed E-state index contributed by atoms with van der Waals surface area (Å²) in [6, 6.07) is 0. The fraction of sp³-hybridized carbons (Fsp3) is 1.00. The predicted molar refractivity (Wildman–Crippen MR) is 23.4 cm³/mol. The highest BCUT2D eigenvalue weighted by Gasteiger charge is 1.92. The molecule has 1 saturated heterocycles. The van der Waals surface area contributed by atoms with E-state index in [9.17, 15) is 0 Å². The Hall–Kier alpha value is -0.0800. The molecule has 0 amide bonds. The summed E-state index contributed by atoms with van der Waals surface area (Å²) in [6.07, 6.45) is 1.04. The van der Waals surface area contributed by atoms with Gasteiger partial charge in [0.25, 0.3) is 0 Å². The molecule has 1 N–H and O–H groups in total. The standard InChI is InChI=1S/C4H9NO/c1-2-5-4-6-3-1/h5H,1-4H2/i4D. The Balaban J connectivity index is 2.12. The van der Waals surface area contributed by atoms with E-state index >= 15 is 0 Å². The minimum Gasteiger partial charge on any atom is -0.366 e. The molecule has 0 aromatic carbocycles. The molecule has 0 saturated carbocycles. The molecule has 6 heavy (non-hydrogen) atoms. The third-order valence-corrected chi connectivity index (χ3v) is 0.750. The van der Waals surface area contributed by atoms with Crippen molar-refractivity contribution >= 4 is 0 Å². The van der Waals surface area contributed by atoms with Crippen LogP contribution in [0, 0.1) is 0 Å². The van der Waals surface area contributed by atoms with Gasteiger partial charge in [-0.1, -0.05) is 0 Å². The van der Waals surface area contributed by atoms with E-state index in [0.29, 0.717) is 0 Å². The molecule has 0 aromatic heterocycles. The molecule has 0 spiro atoms. The van der Waals surface area contributed by atoms with Crippen LogP contribution in [0.25, 0.3) is 0 Å². The van der Waals surface area contributed by atoms with Crippen LogP contribution in [0.3, 0.4) is 0 Å². The summed E-state index contributed by atoms with van der Waals surface area (Å²) in [5, 5.41) is 2.83. The van der Waals surface area contributed by atoms with Gasteiger partial charge in [0.2, 0.25) is 0 Å². The van der Waals surface area contributed by atoms with Gasteiger partial charge in [-0.3, -0.25) is 5.32 Å². The first-order valence-corrected chi connectivity index (χ1v) is 2.17. The van der Waals surface area contributed by atoms with Gasteiger partial charge in [0, 0.05) is 6.61 Å². The molecule has 1 heterocycles. The van der Waals surface area contributed by atoms with Gasteiger partial charge in [-0.15, -0.1) is 0 Å². The lowest BCUT2D eigenvalue weighted by molar-refractivity contribution is 0.0848. The predicted octanol–water partition coefficient (Wildman–Crippen LogP) is -0.0462. The molecule has 0 radical (unpaired) electrons. The Morgan fingerprint density at radius 1 is 1.83 bits per heavy atom. The molecule has 1 aliphatic rings. The van der Waals surface area contributed by atoms with Crippen LogP contribution in [-0.4, -0.2) is 19.9 Å². The van der Waals surface area contributed by atoms with E-state index in [4.69, 9.17) is 6.11 Å². The molecule has 1 rings (SSSR count). The summed E-state index contributed by atoms with van der Waals surface area (Å²) in [4.78, 5) is 0. The Labute approximate surface area is 38.9 Å². The quantitative estimate of drug-likeness (QED) is 0.448. The second-order valence-electron chi connectivity index (χ2n) is 1.30. The maximum absolute atomic E-state index is 6.94. The molecule has 36 valence electrons. The van der Waals surface area contributed by atoms with Gasteiger partial charge in [0.1, 0.15) is 0 Å². The monoisotopic (exact) mass is 88.1 g/mol. The van der Waals surface area contributed by atoms with E-state index in [1.165, 1.54) is 0 Å². The van der Waals surface area contributed by atoms with Crippen LogP contribution in [0.4, 0.5) is 0 Å². The highest BCUT2D eigenvalue weighted by molar-refractivity contribution is 4.45. The molecular weight excluding hydrogens is 78.0 g/mol. The third-order valence-electron chi connectivity index (χ3n) is 0.750. The molecule has 0 bridgehead atoms. The average Bonchev–Trinajstić information content (AvgIpc) is 1.69. The van der Waals surface area contributed by atoms with Gasteiger partial charge in [0.15, 0.2) is 0 Å². The van der Waals surface area contributed by atoms with Crippen LogP contribution < -0.4 is 5.32 Å². The second kappa shape index (κ2) is 2.16. The van der Waals surface area contributed by atoms with E-state index in [1.54, 1.807) is 0 Å². The van der Waals surface area contributed by atoms with E-state index in [0.717, 1.165) is 19.6 Å². The summed E-state index contributed by atoms with van der Waals surface area (Å²) in [5.41, 5.74) is 0. The lowest BCUT2D eigenvalue weighted by Crippen LogP contribution is -2.26. The van der Waals surface area contributed by atoms with Crippen molar-refractivity contribution in [2.24, 2.45) is 0 Å². The fourth-order valence-electron chi connectivity index (χ4n) is 0.434. The molecule has 0 aromatic rings. The summed E-state index contributed by atoms with van der Waals surface area (Å²) in [5.74, 6) is 0. The maximum Gasteiger partial charge on any atom is 0.0965 e. The van der Waals surface area contributed by atoms with Crippen molar-refractivity contribution in [2.45, 2.75) is 6.42 Å². The summed E-state index contributed by atoms with van der Waals surface area (Å²) >= 11 is 0. The van der Waals surface area contributed by atoms with Crippen LogP contribution in [0.5, 0.6) is 0 Å². The molecule has 2 nitrogen and oxygen atoms in total. The summed E-state index contributed by atoms with van der Waals surface area (Å²) < 4.78 is 11.8. The Bertz CT molecular complexity index is 53.7. The molecule has 1 atom stereocenters. The van der Waals surface area contributed by atoms with Gasteiger partial charge >= 0.3 is 0 Å². The molecule has 0 aliphatic carbocycles. The smallest absolute Gasteiger partial charge is 0.0965 e. The zero-order chi connectivity index (χ0) is 5.11. The normalized spacial score (nSPS) is 38.7. The number of hydrogen-bond donors (Lipinski definition) is 1. The summed E-state index contributed by atoms with van der Waals surface area (Å²) in [6.45, 7) is 1.20. The van der Waals surface area contributed by atoms with Gasteiger partial charge < -0.3 is 4.74 Å². The largest absolute Gasteiger partial charge is 0.366 e. The van der Waals surface area contributed by atoms with Crippen LogP contribution in [0.2, 0.25) is 0 Å². The average molecular weight is 88.1 g/mol. The van der Waals surface area contributed by atoms with E-state index < -0.39 is 6.71 Å². The van der Waals surface area contributed by atoms with Crippen LogP contribution in [0.15, 0.2) is 0 Å². The van der Waals surface area contributed by atoms with Gasteiger partial charge in [-0.05, 0) is 13.0 Å². The number of ether oxygens (including phenoxy) is 1. The maximum atomic E-state index is 6.94. The zero-order valence-electron chi connectivity index (χ0n) is 4.61. The molecular formula is C4H9NO. The minimum absolute atomic E-state index is 0.464. The van der Waals surface area contributed by atoms with Crippen LogP contribution in [-0.2, 0) is 4.74 Å². The summed E-state index contributed by atoms with van der Waals surface area (Å²) in [7, 11) is 0. The molecule has 1 unspecified atom stereocenters. The van der Waals surface area contributed by atoms with E-state index in [2.05, 4.69) is 5.32 Å². The van der Waals surface area contributed by atoms with Crippen molar-refractivity contribution < 1.29 is 6.11 Å². The van der Waals surface area contributed by atoms with E-state index in [1.807, 2.05) is 0 Å². The van der Waals surface area contributed by atoms with Crippen molar-refractivity contribution in [3.63, 3.8) is 0 Å². The lowest BCUT2D eigenvalue weighted by atomic mass is 10.4. The van der Waals surface area contributed by atoms with Gasteiger partial charge in [-0.2, -0.15) is 0 Å². The first-order valence-electron chi connectivity index (χ1n) is 2.74. The first kappa shape index (κ1) is 2.99. The van der Waals surface area contributed by atoms with Gasteiger partial charge in [0.05, 0.1) is 8.08 Å². The fourth-order valence-corrected chi connectivity index (χ4v) is 0.434. The van der Waals surface area contributed by atoms with Gasteiger partial charge in [-0.25, -0.2) is 0 Å². The zero-order valence-corrected chi connectivity index (χ0v) is 3.61. The second-order valence-corrected chi connectivity index (χ2v) is 1.30. The van der Waals surface area contributed by atoms with Crippen LogP contribution in [0.1, 0.15) is 7.79 Å². The third kappa shape index (κ3) is 0.954. The Morgan fingerprint density at radius 3 is 3.17 bits per heavy atom. The topological polar surface area (TPSA) is 21.3 Å².